The fourth-order valence-corrected chi connectivity index (χ4v) is 2.54. The Labute approximate surface area is 86.7 Å². The van der Waals surface area contributed by atoms with Crippen molar-refractivity contribution < 1.29 is 5.11 Å². The molecule has 0 aromatic carbocycles. The van der Waals surface area contributed by atoms with Gasteiger partial charge in [0.25, 0.3) is 0 Å². The summed E-state index contributed by atoms with van der Waals surface area (Å²) in [5.41, 5.74) is -0.401. The number of hydrogen-bond donors (Lipinski definition) is 1. The van der Waals surface area contributed by atoms with Crippen LogP contribution in [0.5, 0.6) is 0 Å². The quantitative estimate of drug-likeness (QED) is 0.717. The molecule has 2 rings (SSSR count). The summed E-state index contributed by atoms with van der Waals surface area (Å²) in [7, 11) is 0. The average molecular weight is 198 g/mol. The van der Waals surface area contributed by atoms with Crippen molar-refractivity contribution >= 4 is 0 Å². The monoisotopic (exact) mass is 198 g/mol. The van der Waals surface area contributed by atoms with Gasteiger partial charge in [0.15, 0.2) is 0 Å². The maximum Gasteiger partial charge on any atom is 0.0872 e. The van der Waals surface area contributed by atoms with E-state index in [0.29, 0.717) is 0 Å². The zero-order chi connectivity index (χ0) is 10.0. The third-order valence-electron chi connectivity index (χ3n) is 3.31. The van der Waals surface area contributed by atoms with Gasteiger partial charge in [-0.1, -0.05) is 6.42 Å². The average Bonchev–Trinajstić information content (AvgIpc) is 2.13. The predicted molar refractivity (Wildman–Crippen MR) is 57.4 cm³/mol. The van der Waals surface area contributed by atoms with Crippen LogP contribution in [0.25, 0.3) is 0 Å². The molecule has 0 bridgehead atoms. The van der Waals surface area contributed by atoms with Gasteiger partial charge in [0.05, 0.1) is 5.60 Å². The Hall–Kier alpha value is -0.120. The Morgan fingerprint density at radius 3 is 2.14 bits per heavy atom. The second-order valence-electron chi connectivity index (χ2n) is 5.11. The summed E-state index contributed by atoms with van der Waals surface area (Å²) in [6.45, 7) is 8.53. The molecule has 0 atom stereocenters. The van der Waals surface area contributed by atoms with Crippen LogP contribution >= 0.6 is 0 Å². The summed E-state index contributed by atoms with van der Waals surface area (Å²) in [6, 6.07) is 0. The SMILES string of the molecule is CC1(O)CN(CCN2CCCCC2)C1. The Kier molecular flexibility index (Phi) is 3.10. The largest absolute Gasteiger partial charge is 0.388 e. The van der Waals surface area contributed by atoms with Gasteiger partial charge in [-0.3, -0.25) is 4.90 Å². The second-order valence-corrected chi connectivity index (χ2v) is 5.11. The first-order valence-electron chi connectivity index (χ1n) is 5.83. The molecule has 0 radical (unpaired) electrons. The van der Waals surface area contributed by atoms with Crippen molar-refractivity contribution in [3.63, 3.8) is 0 Å². The van der Waals surface area contributed by atoms with Gasteiger partial charge in [-0.2, -0.15) is 0 Å². The standard InChI is InChI=1S/C11H22N2O/c1-11(14)9-13(10-11)8-7-12-5-3-2-4-6-12/h14H,2-10H2,1H3. The fourth-order valence-electron chi connectivity index (χ4n) is 2.54. The van der Waals surface area contributed by atoms with Crippen molar-refractivity contribution in [2.75, 3.05) is 39.3 Å². The summed E-state index contributed by atoms with van der Waals surface area (Å²) in [6.07, 6.45) is 4.16. The van der Waals surface area contributed by atoms with Crippen LogP contribution in [0.1, 0.15) is 26.2 Å². The smallest absolute Gasteiger partial charge is 0.0872 e. The molecule has 2 aliphatic heterocycles. The highest BCUT2D eigenvalue weighted by Gasteiger charge is 2.35. The Morgan fingerprint density at radius 1 is 1.00 bits per heavy atom. The first-order chi connectivity index (χ1) is 6.66. The maximum absolute atomic E-state index is 9.57. The van der Waals surface area contributed by atoms with Crippen molar-refractivity contribution in [2.24, 2.45) is 0 Å². The van der Waals surface area contributed by atoms with Gasteiger partial charge >= 0.3 is 0 Å². The number of likely N-dealkylation sites (tertiary alicyclic amines) is 2. The molecule has 14 heavy (non-hydrogen) atoms. The number of hydrogen-bond acceptors (Lipinski definition) is 3. The minimum Gasteiger partial charge on any atom is -0.388 e. The Bertz CT molecular complexity index is 180. The molecule has 0 unspecified atom stereocenters. The summed E-state index contributed by atoms with van der Waals surface area (Å²) in [5, 5.41) is 9.57. The van der Waals surface area contributed by atoms with Gasteiger partial charge in [0.1, 0.15) is 0 Å². The van der Waals surface area contributed by atoms with Gasteiger partial charge in [-0.25, -0.2) is 0 Å². The van der Waals surface area contributed by atoms with E-state index >= 15 is 0 Å². The van der Waals surface area contributed by atoms with Crippen LogP contribution in [0.15, 0.2) is 0 Å². The van der Waals surface area contributed by atoms with Crippen molar-refractivity contribution in [1.82, 2.24) is 9.80 Å². The molecular weight excluding hydrogens is 176 g/mol. The molecule has 2 saturated heterocycles. The molecule has 82 valence electrons. The first-order valence-corrected chi connectivity index (χ1v) is 5.83. The fraction of sp³-hybridized carbons (Fsp3) is 1.00. The summed E-state index contributed by atoms with van der Waals surface area (Å²) >= 11 is 0. The van der Waals surface area contributed by atoms with Crippen LogP contribution in [-0.2, 0) is 0 Å². The van der Waals surface area contributed by atoms with Crippen LogP contribution in [0.4, 0.5) is 0 Å². The lowest BCUT2D eigenvalue weighted by Crippen LogP contribution is -2.61. The van der Waals surface area contributed by atoms with Crippen LogP contribution in [0, 0.1) is 0 Å². The number of nitrogens with zero attached hydrogens (tertiary/aromatic N) is 2. The van der Waals surface area contributed by atoms with E-state index in [2.05, 4.69) is 9.80 Å². The Balaban J connectivity index is 1.59. The van der Waals surface area contributed by atoms with E-state index in [0.717, 1.165) is 19.6 Å². The second kappa shape index (κ2) is 4.17. The molecular formula is C11H22N2O. The molecule has 0 amide bonds. The molecule has 0 aromatic heterocycles. The molecule has 0 aromatic rings. The number of aliphatic hydroxyl groups is 1. The van der Waals surface area contributed by atoms with E-state index in [4.69, 9.17) is 0 Å². The predicted octanol–water partition coefficient (Wildman–Crippen LogP) is 0.539. The minimum absolute atomic E-state index is 0.401. The van der Waals surface area contributed by atoms with E-state index in [9.17, 15) is 5.11 Å². The van der Waals surface area contributed by atoms with E-state index in [1.54, 1.807) is 0 Å². The molecule has 0 saturated carbocycles. The van der Waals surface area contributed by atoms with Gasteiger partial charge < -0.3 is 10.0 Å². The third-order valence-corrected chi connectivity index (χ3v) is 3.31. The van der Waals surface area contributed by atoms with E-state index < -0.39 is 5.60 Å². The molecule has 3 heteroatoms. The Morgan fingerprint density at radius 2 is 1.57 bits per heavy atom. The minimum atomic E-state index is -0.401. The lowest BCUT2D eigenvalue weighted by molar-refractivity contribution is -0.0853. The molecule has 0 aliphatic carbocycles. The maximum atomic E-state index is 9.57. The zero-order valence-corrected chi connectivity index (χ0v) is 9.21. The molecule has 1 N–H and O–H groups in total. The summed E-state index contributed by atoms with van der Waals surface area (Å²) in [5.74, 6) is 0. The highest BCUT2D eigenvalue weighted by molar-refractivity contribution is 4.91. The molecule has 0 spiro atoms. The van der Waals surface area contributed by atoms with Crippen LogP contribution < -0.4 is 0 Å². The van der Waals surface area contributed by atoms with E-state index in [-0.39, 0.29) is 0 Å². The topological polar surface area (TPSA) is 26.7 Å². The number of piperidine rings is 1. The lowest BCUT2D eigenvalue weighted by Gasteiger charge is -2.45. The number of β-amino-alcohol motifs (C(OH)–C–C–N with tert-alkyl or cyclic N) is 1. The zero-order valence-electron chi connectivity index (χ0n) is 9.21. The van der Waals surface area contributed by atoms with Gasteiger partial charge in [-0.05, 0) is 32.9 Å². The van der Waals surface area contributed by atoms with Crippen LogP contribution in [-0.4, -0.2) is 59.8 Å². The summed E-state index contributed by atoms with van der Waals surface area (Å²) in [4.78, 5) is 4.89. The molecule has 2 heterocycles. The van der Waals surface area contributed by atoms with Crippen LogP contribution in [0.2, 0.25) is 0 Å². The summed E-state index contributed by atoms with van der Waals surface area (Å²) < 4.78 is 0. The highest BCUT2D eigenvalue weighted by atomic mass is 16.3. The lowest BCUT2D eigenvalue weighted by atomic mass is 9.97. The molecule has 2 aliphatic rings. The van der Waals surface area contributed by atoms with Gasteiger partial charge in [0.2, 0.25) is 0 Å². The first kappa shape index (κ1) is 10.4. The van der Waals surface area contributed by atoms with Gasteiger partial charge in [-0.15, -0.1) is 0 Å². The van der Waals surface area contributed by atoms with Crippen LogP contribution in [0.3, 0.4) is 0 Å². The van der Waals surface area contributed by atoms with Crippen molar-refractivity contribution in [3.8, 4) is 0 Å². The van der Waals surface area contributed by atoms with Crippen molar-refractivity contribution in [3.05, 3.63) is 0 Å². The molecule has 3 nitrogen and oxygen atoms in total. The van der Waals surface area contributed by atoms with Crippen molar-refractivity contribution in [1.29, 1.82) is 0 Å². The third kappa shape index (κ3) is 2.69. The normalized spacial score (nSPS) is 28.7. The number of rotatable bonds is 3. The van der Waals surface area contributed by atoms with Crippen molar-refractivity contribution in [2.45, 2.75) is 31.8 Å². The molecule has 2 fully saturated rings. The van der Waals surface area contributed by atoms with Gasteiger partial charge in [0, 0.05) is 26.2 Å². The van der Waals surface area contributed by atoms with E-state index in [1.807, 2.05) is 6.92 Å². The van der Waals surface area contributed by atoms with E-state index in [1.165, 1.54) is 38.9 Å². The highest BCUT2D eigenvalue weighted by Crippen LogP contribution is 2.19.